The summed E-state index contributed by atoms with van der Waals surface area (Å²) in [5.41, 5.74) is 2.71. The molecule has 2 heterocycles. The fourth-order valence-electron chi connectivity index (χ4n) is 2.19. The van der Waals surface area contributed by atoms with Crippen LogP contribution in [0.5, 0.6) is 0 Å². The average Bonchev–Trinajstić information content (AvgIpc) is 2.95. The van der Waals surface area contributed by atoms with Crippen molar-refractivity contribution in [2.75, 3.05) is 11.1 Å². The van der Waals surface area contributed by atoms with Gasteiger partial charge in [0.05, 0.1) is 11.3 Å². The standard InChI is InChI=1S/C18H20N4OS/c1-12(2)11-24-17-16(13(3)23-22-17)15-9-10-19-18(21-15)20-14-7-5-4-6-8-14/h4-10,12H,11H2,1-3H3,(H,19,20,21). The Labute approximate surface area is 145 Å². The topological polar surface area (TPSA) is 63.8 Å². The summed E-state index contributed by atoms with van der Waals surface area (Å²) in [6.45, 7) is 6.28. The van der Waals surface area contributed by atoms with E-state index >= 15 is 0 Å². The van der Waals surface area contributed by atoms with Crippen LogP contribution in [0.1, 0.15) is 19.6 Å². The minimum atomic E-state index is 0.555. The lowest BCUT2D eigenvalue weighted by atomic mass is 10.2. The van der Waals surface area contributed by atoms with Crippen molar-refractivity contribution in [2.45, 2.75) is 25.8 Å². The molecule has 1 aromatic carbocycles. The van der Waals surface area contributed by atoms with E-state index in [-0.39, 0.29) is 0 Å². The first-order chi connectivity index (χ1) is 11.6. The van der Waals surface area contributed by atoms with E-state index in [9.17, 15) is 0 Å². The fourth-order valence-corrected chi connectivity index (χ4v) is 3.17. The number of hydrogen-bond acceptors (Lipinski definition) is 6. The quantitative estimate of drug-likeness (QED) is 0.642. The summed E-state index contributed by atoms with van der Waals surface area (Å²) in [6.07, 6.45) is 1.75. The number of rotatable bonds is 6. The number of nitrogens with one attached hydrogen (secondary N) is 1. The normalized spacial score (nSPS) is 11.0. The Morgan fingerprint density at radius 1 is 1.17 bits per heavy atom. The van der Waals surface area contributed by atoms with Gasteiger partial charge in [0.1, 0.15) is 10.8 Å². The Kier molecular flexibility index (Phi) is 5.15. The molecule has 124 valence electrons. The molecule has 0 unspecified atom stereocenters. The maximum absolute atomic E-state index is 5.39. The molecule has 0 fully saturated rings. The Bertz CT molecular complexity index is 802. The summed E-state index contributed by atoms with van der Waals surface area (Å²) in [5, 5.41) is 8.28. The lowest BCUT2D eigenvalue weighted by molar-refractivity contribution is 0.384. The van der Waals surface area contributed by atoms with Crippen molar-refractivity contribution >= 4 is 23.4 Å². The Morgan fingerprint density at radius 3 is 2.71 bits per heavy atom. The summed E-state index contributed by atoms with van der Waals surface area (Å²) >= 11 is 1.69. The van der Waals surface area contributed by atoms with Crippen molar-refractivity contribution in [2.24, 2.45) is 5.92 Å². The van der Waals surface area contributed by atoms with Crippen LogP contribution in [0.2, 0.25) is 0 Å². The van der Waals surface area contributed by atoms with Gasteiger partial charge in [-0.1, -0.05) is 37.2 Å². The second-order valence-corrected chi connectivity index (χ2v) is 6.89. The molecule has 2 aromatic heterocycles. The van der Waals surface area contributed by atoms with E-state index in [2.05, 4.69) is 34.3 Å². The zero-order chi connectivity index (χ0) is 16.9. The van der Waals surface area contributed by atoms with Gasteiger partial charge in [0, 0.05) is 17.6 Å². The highest BCUT2D eigenvalue weighted by Gasteiger charge is 2.17. The van der Waals surface area contributed by atoms with E-state index in [1.165, 1.54) is 0 Å². The molecule has 0 amide bonds. The number of anilines is 2. The molecule has 0 saturated heterocycles. The number of benzene rings is 1. The van der Waals surface area contributed by atoms with Crippen LogP contribution in [0.25, 0.3) is 11.3 Å². The first kappa shape index (κ1) is 16.5. The second kappa shape index (κ2) is 7.49. The number of hydrogen-bond donors (Lipinski definition) is 1. The number of nitrogens with zero attached hydrogens (tertiary/aromatic N) is 3. The second-order valence-electron chi connectivity index (χ2n) is 5.88. The van der Waals surface area contributed by atoms with Gasteiger partial charge in [-0.05, 0) is 31.0 Å². The smallest absolute Gasteiger partial charge is 0.227 e. The third kappa shape index (κ3) is 3.94. The Hall–Kier alpha value is -2.34. The molecule has 1 N–H and O–H groups in total. The van der Waals surface area contributed by atoms with Crippen LogP contribution in [-0.4, -0.2) is 20.9 Å². The zero-order valence-corrected chi connectivity index (χ0v) is 14.8. The van der Waals surface area contributed by atoms with E-state index in [4.69, 9.17) is 4.52 Å². The number of para-hydroxylation sites is 1. The number of aromatic nitrogens is 3. The van der Waals surface area contributed by atoms with Gasteiger partial charge in [-0.25, -0.2) is 9.97 Å². The van der Waals surface area contributed by atoms with Crippen molar-refractivity contribution < 1.29 is 4.52 Å². The van der Waals surface area contributed by atoms with Crippen molar-refractivity contribution in [3.63, 3.8) is 0 Å². The molecular weight excluding hydrogens is 320 g/mol. The molecule has 0 aliphatic rings. The highest BCUT2D eigenvalue weighted by atomic mass is 32.2. The van der Waals surface area contributed by atoms with Crippen LogP contribution < -0.4 is 5.32 Å². The molecule has 0 aliphatic heterocycles. The van der Waals surface area contributed by atoms with Gasteiger partial charge < -0.3 is 9.84 Å². The highest BCUT2D eigenvalue weighted by molar-refractivity contribution is 7.99. The van der Waals surface area contributed by atoms with E-state index in [1.54, 1.807) is 18.0 Å². The van der Waals surface area contributed by atoms with Crippen LogP contribution >= 0.6 is 11.8 Å². The van der Waals surface area contributed by atoms with Crippen molar-refractivity contribution in [3.8, 4) is 11.3 Å². The molecule has 24 heavy (non-hydrogen) atoms. The zero-order valence-electron chi connectivity index (χ0n) is 14.0. The summed E-state index contributed by atoms with van der Waals surface area (Å²) in [5.74, 6) is 2.89. The van der Waals surface area contributed by atoms with Crippen molar-refractivity contribution in [1.29, 1.82) is 0 Å². The van der Waals surface area contributed by atoms with E-state index in [1.807, 2.05) is 43.3 Å². The summed E-state index contributed by atoms with van der Waals surface area (Å²) < 4.78 is 5.39. The third-order valence-electron chi connectivity index (χ3n) is 3.33. The van der Waals surface area contributed by atoms with Crippen LogP contribution in [0, 0.1) is 12.8 Å². The molecule has 0 aliphatic carbocycles. The first-order valence-electron chi connectivity index (χ1n) is 7.88. The SMILES string of the molecule is Cc1onc(SCC(C)C)c1-c1ccnc(Nc2ccccc2)n1. The summed E-state index contributed by atoms with van der Waals surface area (Å²) in [6, 6.07) is 11.7. The lowest BCUT2D eigenvalue weighted by Gasteiger charge is -2.07. The molecular formula is C18H20N4OS. The molecule has 0 spiro atoms. The highest BCUT2D eigenvalue weighted by Crippen LogP contribution is 2.33. The van der Waals surface area contributed by atoms with Gasteiger partial charge in [-0.3, -0.25) is 0 Å². The minimum Gasteiger partial charge on any atom is -0.360 e. The Balaban J connectivity index is 1.87. The van der Waals surface area contributed by atoms with Gasteiger partial charge in [0.15, 0.2) is 0 Å². The largest absolute Gasteiger partial charge is 0.360 e. The van der Waals surface area contributed by atoms with E-state index in [0.29, 0.717) is 11.9 Å². The fraction of sp³-hybridized carbons (Fsp3) is 0.278. The molecule has 3 rings (SSSR count). The van der Waals surface area contributed by atoms with E-state index < -0.39 is 0 Å². The van der Waals surface area contributed by atoms with Gasteiger partial charge in [0.2, 0.25) is 5.95 Å². The number of thioether (sulfide) groups is 1. The average molecular weight is 340 g/mol. The number of aryl methyl sites for hydroxylation is 1. The van der Waals surface area contributed by atoms with Gasteiger partial charge >= 0.3 is 0 Å². The van der Waals surface area contributed by atoms with Crippen molar-refractivity contribution in [1.82, 2.24) is 15.1 Å². The molecule has 0 atom stereocenters. The molecule has 0 saturated carbocycles. The molecule has 0 bridgehead atoms. The summed E-state index contributed by atoms with van der Waals surface area (Å²) in [4.78, 5) is 8.92. The van der Waals surface area contributed by atoms with Crippen LogP contribution in [0.4, 0.5) is 11.6 Å². The van der Waals surface area contributed by atoms with Crippen LogP contribution in [-0.2, 0) is 0 Å². The van der Waals surface area contributed by atoms with E-state index in [0.717, 1.165) is 33.5 Å². The molecule has 6 heteroatoms. The lowest BCUT2D eigenvalue weighted by Crippen LogP contribution is -1.98. The van der Waals surface area contributed by atoms with Crippen LogP contribution in [0.15, 0.2) is 52.1 Å². The maximum Gasteiger partial charge on any atom is 0.227 e. The monoisotopic (exact) mass is 340 g/mol. The predicted molar refractivity (Wildman–Crippen MR) is 97.6 cm³/mol. The third-order valence-corrected chi connectivity index (χ3v) is 4.71. The predicted octanol–water partition coefficient (Wildman–Crippen LogP) is 4.93. The van der Waals surface area contributed by atoms with Gasteiger partial charge in [-0.15, -0.1) is 11.8 Å². The first-order valence-corrected chi connectivity index (χ1v) is 8.86. The van der Waals surface area contributed by atoms with Crippen LogP contribution in [0.3, 0.4) is 0 Å². The van der Waals surface area contributed by atoms with Gasteiger partial charge in [0.25, 0.3) is 0 Å². The summed E-state index contributed by atoms with van der Waals surface area (Å²) in [7, 11) is 0. The van der Waals surface area contributed by atoms with Gasteiger partial charge in [-0.2, -0.15) is 0 Å². The minimum absolute atomic E-state index is 0.555. The molecule has 0 radical (unpaired) electrons. The Morgan fingerprint density at radius 2 is 1.96 bits per heavy atom. The van der Waals surface area contributed by atoms with Crippen molar-refractivity contribution in [3.05, 3.63) is 48.4 Å². The molecule has 3 aromatic rings. The maximum atomic E-state index is 5.39. The molecule has 5 nitrogen and oxygen atoms in total.